The highest BCUT2D eigenvalue weighted by Gasteiger charge is 2.16. The molecule has 0 aliphatic carbocycles. The van der Waals surface area contributed by atoms with Crippen LogP contribution in [0.2, 0.25) is 0 Å². The van der Waals surface area contributed by atoms with Crippen LogP contribution in [-0.2, 0) is 0 Å². The summed E-state index contributed by atoms with van der Waals surface area (Å²) in [5.74, 6) is 0.565. The highest BCUT2D eigenvalue weighted by atomic mass is 16.2. The largest absolute Gasteiger partial charge is 0.373 e. The Labute approximate surface area is 113 Å². The number of nitrogens with one attached hydrogen (secondary N) is 1. The van der Waals surface area contributed by atoms with Gasteiger partial charge in [-0.05, 0) is 30.7 Å². The van der Waals surface area contributed by atoms with Crippen LogP contribution in [0.5, 0.6) is 0 Å². The molecule has 1 heterocycles. The normalized spacial score (nSPS) is 10.1. The average Bonchev–Trinajstić information content (AvgIpc) is 2.46. The van der Waals surface area contributed by atoms with E-state index in [1.165, 1.54) is 0 Å². The standard InChI is InChI=1S/C15H17N3O/c1-11-7-4-5-9-13(11)18(3)15(19)12-8-6-10-14(16-2)17-12/h4-10H,1-3H3,(H,16,17). The van der Waals surface area contributed by atoms with Crippen LogP contribution >= 0.6 is 0 Å². The number of pyridine rings is 1. The molecule has 2 rings (SSSR count). The molecule has 4 heteroatoms. The second kappa shape index (κ2) is 5.52. The molecule has 0 radical (unpaired) electrons. The van der Waals surface area contributed by atoms with Crippen molar-refractivity contribution in [3.63, 3.8) is 0 Å². The number of aromatic nitrogens is 1. The quantitative estimate of drug-likeness (QED) is 0.917. The molecule has 0 atom stereocenters. The fraction of sp³-hybridized carbons (Fsp3) is 0.200. The van der Waals surface area contributed by atoms with E-state index in [-0.39, 0.29) is 5.91 Å². The molecule has 2 aromatic rings. The summed E-state index contributed by atoms with van der Waals surface area (Å²) in [6.07, 6.45) is 0. The monoisotopic (exact) mass is 255 g/mol. The summed E-state index contributed by atoms with van der Waals surface area (Å²) >= 11 is 0. The predicted molar refractivity (Wildman–Crippen MR) is 77.7 cm³/mol. The zero-order chi connectivity index (χ0) is 13.8. The van der Waals surface area contributed by atoms with Gasteiger partial charge in [0, 0.05) is 19.8 Å². The van der Waals surface area contributed by atoms with E-state index in [1.807, 2.05) is 43.3 Å². The third-order valence-corrected chi connectivity index (χ3v) is 3.01. The summed E-state index contributed by atoms with van der Waals surface area (Å²) in [5, 5.41) is 2.93. The lowest BCUT2D eigenvalue weighted by Crippen LogP contribution is -2.27. The molecule has 1 amide bonds. The number of aryl methyl sites for hydroxylation is 1. The number of para-hydroxylation sites is 1. The van der Waals surface area contributed by atoms with Crippen LogP contribution in [0.15, 0.2) is 42.5 Å². The first-order chi connectivity index (χ1) is 9.13. The van der Waals surface area contributed by atoms with Gasteiger partial charge < -0.3 is 10.2 Å². The molecule has 1 aromatic heterocycles. The molecule has 19 heavy (non-hydrogen) atoms. The SMILES string of the molecule is CNc1cccc(C(=O)N(C)c2ccccc2C)n1. The smallest absolute Gasteiger partial charge is 0.276 e. The van der Waals surface area contributed by atoms with Crippen molar-refractivity contribution in [2.45, 2.75) is 6.92 Å². The summed E-state index contributed by atoms with van der Waals surface area (Å²) in [4.78, 5) is 18.3. The number of carbonyl (C=O) groups is 1. The first kappa shape index (κ1) is 13.1. The van der Waals surface area contributed by atoms with Crippen molar-refractivity contribution >= 4 is 17.4 Å². The molecule has 0 aliphatic rings. The number of carbonyl (C=O) groups excluding carboxylic acids is 1. The summed E-state index contributed by atoms with van der Waals surface area (Å²) in [6.45, 7) is 1.98. The van der Waals surface area contributed by atoms with E-state index in [0.29, 0.717) is 11.5 Å². The van der Waals surface area contributed by atoms with Gasteiger partial charge in [-0.1, -0.05) is 24.3 Å². The summed E-state index contributed by atoms with van der Waals surface area (Å²) in [6, 6.07) is 13.1. The van der Waals surface area contributed by atoms with Crippen molar-refractivity contribution in [1.82, 2.24) is 4.98 Å². The number of nitrogens with zero attached hydrogens (tertiary/aromatic N) is 2. The lowest BCUT2D eigenvalue weighted by atomic mass is 10.2. The molecular formula is C15H17N3O. The Bertz CT molecular complexity index is 595. The van der Waals surface area contributed by atoms with Crippen LogP contribution in [-0.4, -0.2) is 25.0 Å². The molecule has 0 saturated heterocycles. The zero-order valence-electron chi connectivity index (χ0n) is 11.3. The van der Waals surface area contributed by atoms with Crippen molar-refractivity contribution in [1.29, 1.82) is 0 Å². The van der Waals surface area contributed by atoms with Gasteiger partial charge in [-0.3, -0.25) is 4.79 Å². The number of anilines is 2. The van der Waals surface area contributed by atoms with Gasteiger partial charge in [0.1, 0.15) is 11.5 Å². The molecule has 98 valence electrons. The highest BCUT2D eigenvalue weighted by molar-refractivity contribution is 6.05. The minimum absolute atomic E-state index is 0.119. The molecule has 0 saturated carbocycles. The Balaban J connectivity index is 2.31. The van der Waals surface area contributed by atoms with Crippen LogP contribution in [0.3, 0.4) is 0 Å². The van der Waals surface area contributed by atoms with Crippen LogP contribution < -0.4 is 10.2 Å². The number of hydrogen-bond donors (Lipinski definition) is 1. The Morgan fingerprint density at radius 1 is 1.16 bits per heavy atom. The maximum Gasteiger partial charge on any atom is 0.276 e. The maximum atomic E-state index is 12.4. The molecular weight excluding hydrogens is 238 g/mol. The van der Waals surface area contributed by atoms with Crippen molar-refractivity contribution < 1.29 is 4.79 Å². The van der Waals surface area contributed by atoms with Crippen molar-refractivity contribution in [2.75, 3.05) is 24.3 Å². The topological polar surface area (TPSA) is 45.2 Å². The van der Waals surface area contributed by atoms with E-state index in [4.69, 9.17) is 0 Å². The van der Waals surface area contributed by atoms with Crippen molar-refractivity contribution in [3.05, 3.63) is 53.7 Å². The van der Waals surface area contributed by atoms with Crippen LogP contribution in [0.1, 0.15) is 16.1 Å². The Hall–Kier alpha value is -2.36. The van der Waals surface area contributed by atoms with Crippen molar-refractivity contribution in [3.8, 4) is 0 Å². The van der Waals surface area contributed by atoms with E-state index in [9.17, 15) is 4.79 Å². The van der Waals surface area contributed by atoms with E-state index in [2.05, 4.69) is 10.3 Å². The average molecular weight is 255 g/mol. The summed E-state index contributed by atoms with van der Waals surface area (Å²) < 4.78 is 0. The third kappa shape index (κ3) is 2.73. The van der Waals surface area contributed by atoms with Gasteiger partial charge in [-0.25, -0.2) is 4.98 Å². The second-order valence-electron chi connectivity index (χ2n) is 4.31. The first-order valence-electron chi connectivity index (χ1n) is 6.12. The van der Waals surface area contributed by atoms with Gasteiger partial charge in [-0.15, -0.1) is 0 Å². The van der Waals surface area contributed by atoms with Crippen molar-refractivity contribution in [2.24, 2.45) is 0 Å². The number of hydrogen-bond acceptors (Lipinski definition) is 3. The highest BCUT2D eigenvalue weighted by Crippen LogP contribution is 2.19. The maximum absolute atomic E-state index is 12.4. The molecule has 0 spiro atoms. The summed E-state index contributed by atoms with van der Waals surface area (Å²) in [7, 11) is 3.54. The van der Waals surface area contributed by atoms with Gasteiger partial charge in [0.25, 0.3) is 5.91 Å². The molecule has 4 nitrogen and oxygen atoms in total. The number of benzene rings is 1. The Morgan fingerprint density at radius 3 is 2.58 bits per heavy atom. The summed E-state index contributed by atoms with van der Waals surface area (Å²) in [5.41, 5.74) is 2.38. The van der Waals surface area contributed by atoms with E-state index in [1.54, 1.807) is 25.1 Å². The lowest BCUT2D eigenvalue weighted by molar-refractivity contribution is 0.0988. The fourth-order valence-electron chi connectivity index (χ4n) is 1.91. The third-order valence-electron chi connectivity index (χ3n) is 3.01. The van der Waals surface area contributed by atoms with Gasteiger partial charge in [0.05, 0.1) is 0 Å². The minimum atomic E-state index is -0.119. The molecule has 1 aromatic carbocycles. The molecule has 0 unspecified atom stereocenters. The Morgan fingerprint density at radius 2 is 1.89 bits per heavy atom. The fourth-order valence-corrected chi connectivity index (χ4v) is 1.91. The molecule has 1 N–H and O–H groups in total. The van der Waals surface area contributed by atoms with Gasteiger partial charge in [0.15, 0.2) is 0 Å². The van der Waals surface area contributed by atoms with Crippen LogP contribution in [0.25, 0.3) is 0 Å². The molecule has 0 bridgehead atoms. The Kier molecular flexibility index (Phi) is 3.80. The molecule has 0 aliphatic heterocycles. The van der Waals surface area contributed by atoms with E-state index >= 15 is 0 Å². The second-order valence-corrected chi connectivity index (χ2v) is 4.31. The van der Waals surface area contributed by atoms with E-state index in [0.717, 1.165) is 11.3 Å². The minimum Gasteiger partial charge on any atom is -0.373 e. The van der Waals surface area contributed by atoms with E-state index < -0.39 is 0 Å². The van der Waals surface area contributed by atoms with Gasteiger partial charge in [0.2, 0.25) is 0 Å². The number of rotatable bonds is 3. The zero-order valence-corrected chi connectivity index (χ0v) is 11.3. The molecule has 0 fully saturated rings. The van der Waals surface area contributed by atoms with Gasteiger partial charge >= 0.3 is 0 Å². The first-order valence-corrected chi connectivity index (χ1v) is 6.12. The van der Waals surface area contributed by atoms with Crippen LogP contribution in [0.4, 0.5) is 11.5 Å². The lowest BCUT2D eigenvalue weighted by Gasteiger charge is -2.19. The van der Waals surface area contributed by atoms with Crippen LogP contribution in [0, 0.1) is 6.92 Å². The van der Waals surface area contributed by atoms with Gasteiger partial charge in [-0.2, -0.15) is 0 Å². The predicted octanol–water partition coefficient (Wildman–Crippen LogP) is 2.71. The number of amides is 1.